The number of rotatable bonds is 6. The molecule has 1 aromatic rings. The van der Waals surface area contributed by atoms with Crippen LogP contribution >= 0.6 is 11.6 Å². The van der Waals surface area contributed by atoms with Crippen molar-refractivity contribution in [2.45, 2.75) is 12.3 Å². The van der Waals surface area contributed by atoms with Crippen LogP contribution in [-0.2, 0) is 4.79 Å². The van der Waals surface area contributed by atoms with E-state index in [-0.39, 0.29) is 17.9 Å². The van der Waals surface area contributed by atoms with Crippen molar-refractivity contribution in [1.82, 2.24) is 4.90 Å². The number of benzene rings is 1. The van der Waals surface area contributed by atoms with Crippen LogP contribution in [-0.4, -0.2) is 42.7 Å². The summed E-state index contributed by atoms with van der Waals surface area (Å²) in [6, 6.07) is 7.46. The molecule has 0 aromatic heterocycles. The van der Waals surface area contributed by atoms with E-state index in [9.17, 15) is 4.79 Å². The molecule has 1 unspecified atom stereocenters. The highest BCUT2D eigenvalue weighted by Gasteiger charge is 2.10. The fourth-order valence-corrected chi connectivity index (χ4v) is 2.00. The number of nitrogens with one attached hydrogen (secondary N) is 1. The van der Waals surface area contributed by atoms with Crippen LogP contribution in [0.4, 0.5) is 5.69 Å². The summed E-state index contributed by atoms with van der Waals surface area (Å²) < 4.78 is 0. The first kappa shape index (κ1) is 15.0. The van der Waals surface area contributed by atoms with Crippen LogP contribution in [0.5, 0.6) is 0 Å². The molecule has 18 heavy (non-hydrogen) atoms. The molecule has 0 bridgehead atoms. The van der Waals surface area contributed by atoms with Crippen LogP contribution in [0.3, 0.4) is 0 Å². The van der Waals surface area contributed by atoms with Crippen molar-refractivity contribution in [3.8, 4) is 0 Å². The van der Waals surface area contributed by atoms with E-state index in [1.54, 1.807) is 0 Å². The van der Waals surface area contributed by atoms with Crippen molar-refractivity contribution in [3.05, 3.63) is 29.8 Å². The first-order valence-corrected chi connectivity index (χ1v) is 6.27. The summed E-state index contributed by atoms with van der Waals surface area (Å²) in [6.45, 7) is 2.87. The molecule has 0 saturated heterocycles. The smallest absolute Gasteiger partial charge is 0.221 e. The van der Waals surface area contributed by atoms with Crippen molar-refractivity contribution < 1.29 is 9.90 Å². The van der Waals surface area contributed by atoms with Crippen molar-refractivity contribution in [1.29, 1.82) is 0 Å². The van der Waals surface area contributed by atoms with E-state index >= 15 is 0 Å². The zero-order chi connectivity index (χ0) is 13.5. The Balaban J connectivity index is 2.58. The Morgan fingerprint density at radius 3 is 2.56 bits per heavy atom. The number of halogens is 1. The van der Waals surface area contributed by atoms with Gasteiger partial charge in [-0.2, -0.15) is 0 Å². The summed E-state index contributed by atoms with van der Waals surface area (Å²) >= 11 is 6.28. The molecule has 4 nitrogen and oxygen atoms in total. The van der Waals surface area contributed by atoms with Crippen molar-refractivity contribution in [2.24, 2.45) is 0 Å². The monoisotopic (exact) mass is 270 g/mol. The molecule has 1 aromatic carbocycles. The van der Waals surface area contributed by atoms with Crippen LogP contribution in [0.15, 0.2) is 24.3 Å². The van der Waals surface area contributed by atoms with Gasteiger partial charge in [0.25, 0.3) is 0 Å². The fraction of sp³-hybridized carbons (Fsp3) is 0.462. The second-order valence-electron chi connectivity index (χ2n) is 4.26. The average Bonchev–Trinajstić information content (AvgIpc) is 2.29. The minimum Gasteiger partial charge on any atom is -0.395 e. The lowest BCUT2D eigenvalue weighted by molar-refractivity contribution is -0.114. The van der Waals surface area contributed by atoms with Gasteiger partial charge >= 0.3 is 0 Å². The largest absolute Gasteiger partial charge is 0.395 e. The molecule has 0 radical (unpaired) electrons. The zero-order valence-corrected chi connectivity index (χ0v) is 11.4. The third kappa shape index (κ3) is 5.04. The Hall–Kier alpha value is -1.10. The minimum absolute atomic E-state index is 0.0900. The van der Waals surface area contributed by atoms with Crippen LogP contribution in [0, 0.1) is 0 Å². The molecule has 0 aliphatic carbocycles. The van der Waals surface area contributed by atoms with Gasteiger partial charge in [-0.05, 0) is 24.7 Å². The second kappa shape index (κ2) is 7.36. The van der Waals surface area contributed by atoms with Gasteiger partial charge in [0.2, 0.25) is 5.91 Å². The lowest BCUT2D eigenvalue weighted by Crippen LogP contribution is -2.25. The highest BCUT2D eigenvalue weighted by atomic mass is 35.5. The predicted octanol–water partition coefficient (Wildman–Crippen LogP) is 1.85. The molecule has 1 amide bonds. The van der Waals surface area contributed by atoms with Crippen LogP contribution in [0.2, 0.25) is 0 Å². The minimum atomic E-state index is -0.132. The zero-order valence-electron chi connectivity index (χ0n) is 10.7. The molecule has 0 heterocycles. The third-order valence-corrected chi connectivity index (χ3v) is 2.94. The third-order valence-electron chi connectivity index (χ3n) is 2.55. The van der Waals surface area contributed by atoms with Gasteiger partial charge in [-0.3, -0.25) is 4.79 Å². The van der Waals surface area contributed by atoms with Gasteiger partial charge in [0.15, 0.2) is 0 Å². The number of nitrogens with zero attached hydrogens (tertiary/aromatic N) is 1. The summed E-state index contributed by atoms with van der Waals surface area (Å²) in [6.07, 6.45) is 0. The first-order valence-electron chi connectivity index (χ1n) is 5.84. The second-order valence-corrected chi connectivity index (χ2v) is 4.78. The fourth-order valence-electron chi connectivity index (χ4n) is 1.62. The summed E-state index contributed by atoms with van der Waals surface area (Å²) in [5, 5.41) is 11.4. The predicted molar refractivity (Wildman–Crippen MR) is 73.9 cm³/mol. The lowest BCUT2D eigenvalue weighted by Gasteiger charge is -2.19. The molecule has 0 aliphatic heterocycles. The highest BCUT2D eigenvalue weighted by Crippen LogP contribution is 2.22. The summed E-state index contributed by atoms with van der Waals surface area (Å²) in [7, 11) is 1.91. The summed E-state index contributed by atoms with van der Waals surface area (Å²) in [5.74, 6) is -0.0900. The Kier molecular flexibility index (Phi) is 6.12. The Morgan fingerprint density at radius 1 is 1.44 bits per heavy atom. The molecular weight excluding hydrogens is 252 g/mol. The number of carbonyl (C=O) groups is 1. The molecule has 0 fully saturated rings. The maximum Gasteiger partial charge on any atom is 0.221 e. The van der Waals surface area contributed by atoms with Crippen LogP contribution in [0.1, 0.15) is 17.9 Å². The molecule has 5 heteroatoms. The number of hydrogen-bond acceptors (Lipinski definition) is 3. The number of alkyl halides is 1. The number of carbonyl (C=O) groups excluding carboxylic acids is 1. The molecule has 0 spiro atoms. The number of anilines is 1. The SMILES string of the molecule is CC(=O)Nc1ccc(C(Cl)CN(C)CCO)cc1. The first-order chi connectivity index (χ1) is 8.52. The van der Waals surface area contributed by atoms with Gasteiger partial charge in [-0.1, -0.05) is 12.1 Å². The van der Waals surface area contributed by atoms with Gasteiger partial charge in [-0.25, -0.2) is 0 Å². The van der Waals surface area contributed by atoms with Gasteiger partial charge < -0.3 is 15.3 Å². The van der Waals surface area contributed by atoms with E-state index in [0.29, 0.717) is 13.1 Å². The van der Waals surface area contributed by atoms with E-state index in [1.165, 1.54) is 6.92 Å². The van der Waals surface area contributed by atoms with Crippen molar-refractivity contribution in [2.75, 3.05) is 32.1 Å². The highest BCUT2D eigenvalue weighted by molar-refractivity contribution is 6.21. The standard InChI is InChI=1S/C13H19ClN2O2/c1-10(18)15-12-5-3-11(4-6-12)13(14)9-16(2)7-8-17/h3-6,13,17H,7-9H2,1-2H3,(H,15,18). The Bertz CT molecular complexity index is 381. The number of aliphatic hydroxyl groups is 1. The number of likely N-dealkylation sites (N-methyl/N-ethyl adjacent to an activating group) is 1. The normalized spacial score (nSPS) is 12.5. The molecular formula is C13H19ClN2O2. The van der Waals surface area contributed by atoms with E-state index < -0.39 is 0 Å². The van der Waals surface area contributed by atoms with E-state index in [4.69, 9.17) is 16.7 Å². The van der Waals surface area contributed by atoms with Gasteiger partial charge in [0.05, 0.1) is 12.0 Å². The number of hydrogen-bond donors (Lipinski definition) is 2. The summed E-state index contributed by atoms with van der Waals surface area (Å²) in [4.78, 5) is 12.9. The van der Waals surface area contributed by atoms with E-state index in [1.807, 2.05) is 36.2 Å². The van der Waals surface area contributed by atoms with Crippen molar-refractivity contribution >= 4 is 23.2 Å². The molecule has 2 N–H and O–H groups in total. The van der Waals surface area contributed by atoms with Gasteiger partial charge in [-0.15, -0.1) is 11.6 Å². The quantitative estimate of drug-likeness (QED) is 0.776. The number of aliphatic hydroxyl groups excluding tert-OH is 1. The van der Waals surface area contributed by atoms with Gasteiger partial charge in [0, 0.05) is 25.7 Å². The average molecular weight is 271 g/mol. The van der Waals surface area contributed by atoms with Gasteiger partial charge in [0.1, 0.15) is 0 Å². The lowest BCUT2D eigenvalue weighted by atomic mass is 10.1. The summed E-state index contributed by atoms with van der Waals surface area (Å²) in [5.41, 5.74) is 1.76. The van der Waals surface area contributed by atoms with E-state index in [0.717, 1.165) is 11.3 Å². The molecule has 1 atom stereocenters. The maximum atomic E-state index is 10.9. The molecule has 1 rings (SSSR count). The maximum absolute atomic E-state index is 10.9. The molecule has 0 saturated carbocycles. The van der Waals surface area contributed by atoms with E-state index in [2.05, 4.69) is 5.32 Å². The Morgan fingerprint density at radius 2 is 2.06 bits per heavy atom. The van der Waals surface area contributed by atoms with Crippen LogP contribution < -0.4 is 5.32 Å². The van der Waals surface area contributed by atoms with Crippen molar-refractivity contribution in [3.63, 3.8) is 0 Å². The molecule has 0 aliphatic rings. The number of amides is 1. The molecule has 100 valence electrons. The van der Waals surface area contributed by atoms with Crippen LogP contribution in [0.25, 0.3) is 0 Å². The topological polar surface area (TPSA) is 52.6 Å². The Labute approximate surface area is 113 Å².